The number of nitrogens with zero attached hydrogens (tertiary/aromatic N) is 2. The Morgan fingerprint density at radius 1 is 1.28 bits per heavy atom. The van der Waals surface area contributed by atoms with Gasteiger partial charge in [0.05, 0.1) is 12.2 Å². The number of hydrogen-bond acceptors (Lipinski definition) is 3. The summed E-state index contributed by atoms with van der Waals surface area (Å²) in [4.78, 5) is 12.0. The topological polar surface area (TPSA) is 60.1 Å². The van der Waals surface area contributed by atoms with Crippen molar-refractivity contribution in [1.29, 1.82) is 0 Å². The maximum Gasteiger partial charge on any atom is 0.287 e. The molecular formula is C20H21N3O2. The Hall–Kier alpha value is -2.82. The third kappa shape index (κ3) is 2.56. The van der Waals surface area contributed by atoms with E-state index in [2.05, 4.69) is 36.6 Å². The molecule has 2 heterocycles. The maximum absolute atomic E-state index is 12.0. The van der Waals surface area contributed by atoms with E-state index in [1.165, 1.54) is 16.7 Å². The van der Waals surface area contributed by atoms with Crippen LogP contribution in [0, 0.1) is 13.8 Å². The zero-order valence-electron chi connectivity index (χ0n) is 14.7. The average molecular weight is 335 g/mol. The van der Waals surface area contributed by atoms with E-state index in [0.717, 1.165) is 42.0 Å². The predicted molar refractivity (Wildman–Crippen MR) is 95.7 cm³/mol. The Morgan fingerprint density at radius 3 is 2.84 bits per heavy atom. The van der Waals surface area contributed by atoms with Crippen molar-refractivity contribution in [3.8, 4) is 11.3 Å². The van der Waals surface area contributed by atoms with Crippen LogP contribution in [-0.2, 0) is 19.4 Å². The zero-order chi connectivity index (χ0) is 17.6. The van der Waals surface area contributed by atoms with Crippen LogP contribution in [0.3, 0.4) is 0 Å². The zero-order valence-corrected chi connectivity index (χ0v) is 14.7. The number of hydrogen-bond donors (Lipinski definition) is 1. The largest absolute Gasteiger partial charge is 0.455 e. The van der Waals surface area contributed by atoms with Crippen LogP contribution in [0.5, 0.6) is 0 Å². The van der Waals surface area contributed by atoms with Crippen LogP contribution in [-0.4, -0.2) is 22.7 Å². The third-order valence-corrected chi connectivity index (χ3v) is 4.94. The van der Waals surface area contributed by atoms with Crippen LogP contribution in [0.1, 0.15) is 38.6 Å². The molecule has 4 rings (SSSR count). The second-order valence-electron chi connectivity index (χ2n) is 6.56. The fourth-order valence-electron chi connectivity index (χ4n) is 3.54. The standard InChI is InChI=1S/C20H21N3O2/c1-12-6-4-5-7-14(12)10-23-11-15-8-9-16-17(18(15)22-23)13(2)19(25-16)20(24)21-3/h4-7,11H,8-10H2,1-3H3,(H,21,24). The number of carbonyl (C=O) groups excluding carboxylic acids is 1. The minimum absolute atomic E-state index is 0.187. The van der Waals surface area contributed by atoms with Crippen molar-refractivity contribution in [3.05, 3.63) is 64.2 Å². The summed E-state index contributed by atoms with van der Waals surface area (Å²) >= 11 is 0. The molecule has 0 radical (unpaired) electrons. The summed E-state index contributed by atoms with van der Waals surface area (Å²) in [5, 5.41) is 7.45. The molecule has 5 nitrogen and oxygen atoms in total. The Labute approximate surface area is 146 Å². The van der Waals surface area contributed by atoms with Gasteiger partial charge in [0, 0.05) is 30.8 Å². The second-order valence-corrected chi connectivity index (χ2v) is 6.56. The number of aryl methyl sites for hydroxylation is 3. The molecule has 25 heavy (non-hydrogen) atoms. The lowest BCUT2D eigenvalue weighted by Crippen LogP contribution is -2.17. The molecule has 0 fully saturated rings. The smallest absolute Gasteiger partial charge is 0.287 e. The van der Waals surface area contributed by atoms with Gasteiger partial charge in [-0.3, -0.25) is 9.48 Å². The van der Waals surface area contributed by atoms with Crippen molar-refractivity contribution in [2.45, 2.75) is 33.2 Å². The molecule has 0 spiro atoms. The first-order valence-electron chi connectivity index (χ1n) is 8.54. The molecule has 128 valence electrons. The van der Waals surface area contributed by atoms with E-state index in [4.69, 9.17) is 9.52 Å². The highest BCUT2D eigenvalue weighted by atomic mass is 16.4. The molecule has 1 N–H and O–H groups in total. The minimum atomic E-state index is -0.187. The molecule has 0 saturated carbocycles. The molecule has 3 aromatic rings. The minimum Gasteiger partial charge on any atom is -0.455 e. The van der Waals surface area contributed by atoms with Gasteiger partial charge in [0.25, 0.3) is 5.91 Å². The third-order valence-electron chi connectivity index (χ3n) is 4.94. The fourth-order valence-corrected chi connectivity index (χ4v) is 3.54. The van der Waals surface area contributed by atoms with Gasteiger partial charge in [-0.1, -0.05) is 24.3 Å². The van der Waals surface area contributed by atoms with Crippen molar-refractivity contribution in [3.63, 3.8) is 0 Å². The Bertz CT molecular complexity index is 965. The highest BCUT2D eigenvalue weighted by Gasteiger charge is 2.29. The number of carbonyl (C=O) groups is 1. The molecule has 2 aromatic heterocycles. The number of nitrogens with one attached hydrogen (secondary N) is 1. The number of furan rings is 1. The number of benzene rings is 1. The normalized spacial score (nSPS) is 12.6. The Morgan fingerprint density at radius 2 is 2.08 bits per heavy atom. The van der Waals surface area contributed by atoms with E-state index in [1.807, 2.05) is 17.7 Å². The van der Waals surface area contributed by atoms with E-state index in [9.17, 15) is 4.79 Å². The highest BCUT2D eigenvalue weighted by Crippen LogP contribution is 2.38. The summed E-state index contributed by atoms with van der Waals surface area (Å²) in [7, 11) is 1.62. The fraction of sp³-hybridized carbons (Fsp3) is 0.300. The van der Waals surface area contributed by atoms with Gasteiger partial charge in [0.1, 0.15) is 5.76 Å². The SMILES string of the molecule is CNC(=O)c1oc2c(c1C)-c1nn(Cc3ccccc3C)cc1CC2. The molecule has 1 aromatic carbocycles. The van der Waals surface area contributed by atoms with Crippen molar-refractivity contribution in [2.75, 3.05) is 7.05 Å². The molecule has 0 aliphatic heterocycles. The van der Waals surface area contributed by atoms with Gasteiger partial charge < -0.3 is 9.73 Å². The highest BCUT2D eigenvalue weighted by molar-refractivity contribution is 5.95. The molecule has 1 amide bonds. The molecule has 5 heteroatoms. The summed E-state index contributed by atoms with van der Waals surface area (Å²) in [6.45, 7) is 4.79. The van der Waals surface area contributed by atoms with Crippen LogP contribution >= 0.6 is 0 Å². The van der Waals surface area contributed by atoms with Crippen LogP contribution in [0.4, 0.5) is 0 Å². The summed E-state index contributed by atoms with van der Waals surface area (Å²) in [5.41, 5.74) is 6.55. The van der Waals surface area contributed by atoms with Gasteiger partial charge in [0.15, 0.2) is 5.76 Å². The summed E-state index contributed by atoms with van der Waals surface area (Å²) in [6.07, 6.45) is 3.81. The van der Waals surface area contributed by atoms with E-state index in [-0.39, 0.29) is 5.91 Å². The summed E-state index contributed by atoms with van der Waals surface area (Å²) < 4.78 is 7.83. The van der Waals surface area contributed by atoms with Crippen molar-refractivity contribution in [2.24, 2.45) is 0 Å². The first-order chi connectivity index (χ1) is 12.1. The first kappa shape index (κ1) is 15.7. The van der Waals surface area contributed by atoms with Gasteiger partial charge >= 0.3 is 0 Å². The second kappa shape index (κ2) is 5.92. The van der Waals surface area contributed by atoms with E-state index >= 15 is 0 Å². The Kier molecular flexibility index (Phi) is 3.71. The van der Waals surface area contributed by atoms with E-state index < -0.39 is 0 Å². The van der Waals surface area contributed by atoms with E-state index in [1.54, 1.807) is 7.05 Å². The monoisotopic (exact) mass is 335 g/mol. The summed E-state index contributed by atoms with van der Waals surface area (Å²) in [5.74, 6) is 1.08. The van der Waals surface area contributed by atoms with Crippen LogP contribution < -0.4 is 5.32 Å². The average Bonchev–Trinajstić information content (AvgIpc) is 3.16. The van der Waals surface area contributed by atoms with Gasteiger partial charge in [-0.05, 0) is 37.0 Å². The van der Waals surface area contributed by atoms with Crippen LogP contribution in [0.15, 0.2) is 34.9 Å². The summed E-state index contributed by atoms with van der Waals surface area (Å²) in [6, 6.07) is 8.36. The van der Waals surface area contributed by atoms with Gasteiger partial charge in [-0.2, -0.15) is 5.10 Å². The van der Waals surface area contributed by atoms with Gasteiger partial charge in [-0.15, -0.1) is 0 Å². The van der Waals surface area contributed by atoms with E-state index in [0.29, 0.717) is 5.76 Å². The lowest BCUT2D eigenvalue weighted by Gasteiger charge is -2.09. The van der Waals surface area contributed by atoms with Crippen molar-refractivity contribution >= 4 is 5.91 Å². The van der Waals surface area contributed by atoms with Crippen molar-refractivity contribution in [1.82, 2.24) is 15.1 Å². The number of amides is 1. The molecule has 0 atom stereocenters. The molecule has 0 bridgehead atoms. The quantitative estimate of drug-likeness (QED) is 0.799. The Balaban J connectivity index is 1.74. The first-order valence-corrected chi connectivity index (χ1v) is 8.54. The molecule has 1 aliphatic rings. The number of fused-ring (bicyclic) bond motifs is 3. The lowest BCUT2D eigenvalue weighted by molar-refractivity contribution is 0.0933. The maximum atomic E-state index is 12.0. The van der Waals surface area contributed by atoms with Gasteiger partial charge in [0.2, 0.25) is 0 Å². The molecule has 0 unspecified atom stereocenters. The predicted octanol–water partition coefficient (Wildman–Crippen LogP) is 3.27. The van der Waals surface area contributed by atoms with Crippen LogP contribution in [0.2, 0.25) is 0 Å². The molecule has 0 saturated heterocycles. The van der Waals surface area contributed by atoms with Crippen molar-refractivity contribution < 1.29 is 9.21 Å². The number of aromatic nitrogens is 2. The van der Waals surface area contributed by atoms with Gasteiger partial charge in [-0.25, -0.2) is 0 Å². The molecule has 1 aliphatic carbocycles. The van der Waals surface area contributed by atoms with Crippen LogP contribution in [0.25, 0.3) is 11.3 Å². The number of rotatable bonds is 3. The molecular weight excluding hydrogens is 314 g/mol. The lowest BCUT2D eigenvalue weighted by atomic mass is 9.93.